The van der Waals surface area contributed by atoms with Crippen LogP contribution in [0.15, 0.2) is 53.0 Å². The number of hydrogen-bond acceptors (Lipinski definition) is 1. The van der Waals surface area contributed by atoms with Gasteiger partial charge in [-0.05, 0) is 52.0 Å². The maximum absolute atomic E-state index is 13.2. The number of rotatable bonds is 5. The van der Waals surface area contributed by atoms with E-state index in [1.54, 1.807) is 12.1 Å². The van der Waals surface area contributed by atoms with Crippen LogP contribution in [0.4, 0.5) is 4.39 Å². The topological polar surface area (TPSA) is 37.3 Å². The average molecular weight is 337 g/mol. The highest BCUT2D eigenvalue weighted by Crippen LogP contribution is 2.21. The lowest BCUT2D eigenvalue weighted by Gasteiger charge is -2.13. The van der Waals surface area contributed by atoms with E-state index in [-0.39, 0.29) is 5.82 Å². The molecule has 0 aliphatic rings. The van der Waals surface area contributed by atoms with Crippen molar-refractivity contribution in [1.29, 1.82) is 0 Å². The Morgan fingerprint density at radius 2 is 1.75 bits per heavy atom. The highest BCUT2D eigenvalue weighted by Gasteiger charge is 2.19. The summed E-state index contributed by atoms with van der Waals surface area (Å²) in [5.41, 5.74) is 1.79. The van der Waals surface area contributed by atoms with Crippen LogP contribution in [0.25, 0.3) is 0 Å². The van der Waals surface area contributed by atoms with E-state index in [4.69, 9.17) is 0 Å². The van der Waals surface area contributed by atoms with Crippen molar-refractivity contribution in [1.82, 2.24) is 0 Å². The second-order valence-electron chi connectivity index (χ2n) is 4.68. The molecule has 2 rings (SSSR count). The largest absolute Gasteiger partial charge is 0.481 e. The molecule has 1 N–H and O–H groups in total. The summed E-state index contributed by atoms with van der Waals surface area (Å²) in [7, 11) is 0. The SMILES string of the molecule is O=C(O)C(Cc1ccccc1)Cc1ccc(F)c(Br)c1. The Labute approximate surface area is 125 Å². The van der Waals surface area contributed by atoms with Gasteiger partial charge in [0.2, 0.25) is 0 Å². The molecule has 104 valence electrons. The van der Waals surface area contributed by atoms with E-state index in [1.807, 2.05) is 30.3 Å². The van der Waals surface area contributed by atoms with Crippen LogP contribution in [0, 0.1) is 11.7 Å². The van der Waals surface area contributed by atoms with Crippen LogP contribution < -0.4 is 0 Å². The fraction of sp³-hybridized carbons (Fsp3) is 0.188. The Bertz CT molecular complexity index is 599. The molecule has 1 atom stereocenters. The number of aliphatic carboxylic acids is 1. The molecule has 0 fully saturated rings. The zero-order chi connectivity index (χ0) is 14.5. The van der Waals surface area contributed by atoms with Gasteiger partial charge in [0.1, 0.15) is 5.82 Å². The lowest BCUT2D eigenvalue weighted by Crippen LogP contribution is -2.19. The van der Waals surface area contributed by atoms with Gasteiger partial charge >= 0.3 is 5.97 Å². The molecule has 0 spiro atoms. The van der Waals surface area contributed by atoms with Gasteiger partial charge in [0.15, 0.2) is 0 Å². The number of benzene rings is 2. The summed E-state index contributed by atoms with van der Waals surface area (Å²) in [5.74, 6) is -1.70. The molecular formula is C16H14BrFO2. The lowest BCUT2D eigenvalue weighted by atomic mass is 9.93. The number of carbonyl (C=O) groups is 1. The van der Waals surface area contributed by atoms with Gasteiger partial charge in [-0.1, -0.05) is 36.4 Å². The minimum atomic E-state index is -0.839. The molecule has 0 saturated carbocycles. The summed E-state index contributed by atoms with van der Waals surface area (Å²) >= 11 is 3.12. The second kappa shape index (κ2) is 6.66. The molecule has 0 aromatic heterocycles. The Kier molecular flexibility index (Phi) is 4.90. The Morgan fingerprint density at radius 3 is 2.35 bits per heavy atom. The first-order valence-corrected chi connectivity index (χ1v) is 7.06. The van der Waals surface area contributed by atoms with E-state index in [0.717, 1.165) is 11.1 Å². The molecule has 2 aromatic rings. The van der Waals surface area contributed by atoms with Crippen molar-refractivity contribution < 1.29 is 14.3 Å². The van der Waals surface area contributed by atoms with Crippen molar-refractivity contribution in [2.75, 3.05) is 0 Å². The smallest absolute Gasteiger partial charge is 0.307 e. The quantitative estimate of drug-likeness (QED) is 0.893. The molecule has 0 heterocycles. The minimum absolute atomic E-state index is 0.344. The van der Waals surface area contributed by atoms with E-state index in [0.29, 0.717) is 17.3 Å². The second-order valence-corrected chi connectivity index (χ2v) is 5.53. The zero-order valence-corrected chi connectivity index (χ0v) is 12.3. The van der Waals surface area contributed by atoms with Gasteiger partial charge in [0.25, 0.3) is 0 Å². The predicted octanol–water partition coefficient (Wildman–Crippen LogP) is 4.07. The van der Waals surface area contributed by atoms with Crippen LogP contribution in [0.2, 0.25) is 0 Å². The van der Waals surface area contributed by atoms with Crippen molar-refractivity contribution in [3.05, 3.63) is 69.9 Å². The molecule has 0 aliphatic carbocycles. The first-order valence-electron chi connectivity index (χ1n) is 6.27. The van der Waals surface area contributed by atoms with E-state index < -0.39 is 11.9 Å². The third-order valence-corrected chi connectivity index (χ3v) is 3.75. The average Bonchev–Trinajstić information content (AvgIpc) is 2.43. The minimum Gasteiger partial charge on any atom is -0.481 e. The monoisotopic (exact) mass is 336 g/mol. The fourth-order valence-electron chi connectivity index (χ4n) is 2.10. The van der Waals surface area contributed by atoms with Crippen molar-refractivity contribution in [2.45, 2.75) is 12.8 Å². The molecule has 4 heteroatoms. The fourth-order valence-corrected chi connectivity index (χ4v) is 2.52. The number of hydrogen-bond donors (Lipinski definition) is 1. The first kappa shape index (κ1) is 14.7. The van der Waals surface area contributed by atoms with Crippen LogP contribution >= 0.6 is 15.9 Å². The van der Waals surface area contributed by atoms with Crippen LogP contribution in [0.1, 0.15) is 11.1 Å². The van der Waals surface area contributed by atoms with Gasteiger partial charge in [0, 0.05) is 0 Å². The molecular weight excluding hydrogens is 323 g/mol. The maximum atomic E-state index is 13.2. The van der Waals surface area contributed by atoms with E-state index in [2.05, 4.69) is 15.9 Å². The summed E-state index contributed by atoms with van der Waals surface area (Å²) in [6.45, 7) is 0. The summed E-state index contributed by atoms with van der Waals surface area (Å²) in [6.07, 6.45) is 0.842. The Balaban J connectivity index is 2.13. The number of halogens is 2. The van der Waals surface area contributed by atoms with Crippen molar-refractivity contribution in [3.63, 3.8) is 0 Å². The zero-order valence-electron chi connectivity index (χ0n) is 10.7. The lowest BCUT2D eigenvalue weighted by molar-refractivity contribution is -0.141. The Hall–Kier alpha value is -1.68. The Morgan fingerprint density at radius 1 is 1.10 bits per heavy atom. The van der Waals surface area contributed by atoms with Gasteiger partial charge in [-0.25, -0.2) is 4.39 Å². The van der Waals surface area contributed by atoms with Gasteiger partial charge in [-0.2, -0.15) is 0 Å². The molecule has 2 nitrogen and oxygen atoms in total. The molecule has 0 bridgehead atoms. The van der Waals surface area contributed by atoms with Gasteiger partial charge in [0.05, 0.1) is 10.4 Å². The van der Waals surface area contributed by atoms with Crippen LogP contribution in [-0.2, 0) is 17.6 Å². The standard InChI is InChI=1S/C16H14BrFO2/c17-14-10-12(6-7-15(14)18)9-13(16(19)20)8-11-4-2-1-3-5-11/h1-7,10,13H,8-9H2,(H,19,20). The maximum Gasteiger partial charge on any atom is 0.307 e. The first-order chi connectivity index (χ1) is 9.56. The molecule has 0 aliphatic heterocycles. The third-order valence-electron chi connectivity index (χ3n) is 3.14. The van der Waals surface area contributed by atoms with Gasteiger partial charge < -0.3 is 5.11 Å². The van der Waals surface area contributed by atoms with E-state index in [1.165, 1.54) is 6.07 Å². The molecule has 2 aromatic carbocycles. The highest BCUT2D eigenvalue weighted by atomic mass is 79.9. The molecule has 0 saturated heterocycles. The summed E-state index contributed by atoms with van der Waals surface area (Å²) in [6, 6.07) is 14.1. The number of carboxylic acid groups (broad SMARTS) is 1. The van der Waals surface area contributed by atoms with Crippen molar-refractivity contribution in [2.24, 2.45) is 5.92 Å². The molecule has 0 amide bonds. The predicted molar refractivity (Wildman–Crippen MR) is 79.1 cm³/mol. The highest BCUT2D eigenvalue weighted by molar-refractivity contribution is 9.10. The summed E-state index contributed by atoms with van der Waals surface area (Å²) < 4.78 is 13.5. The van der Waals surface area contributed by atoms with Crippen LogP contribution in [0.5, 0.6) is 0 Å². The summed E-state index contributed by atoms with van der Waals surface area (Å²) in [4.78, 5) is 11.4. The third kappa shape index (κ3) is 3.90. The van der Waals surface area contributed by atoms with Crippen LogP contribution in [-0.4, -0.2) is 11.1 Å². The van der Waals surface area contributed by atoms with Gasteiger partial charge in [-0.3, -0.25) is 4.79 Å². The normalized spacial score (nSPS) is 12.1. The number of carboxylic acids is 1. The van der Waals surface area contributed by atoms with E-state index in [9.17, 15) is 14.3 Å². The van der Waals surface area contributed by atoms with Crippen molar-refractivity contribution >= 4 is 21.9 Å². The molecule has 1 unspecified atom stereocenters. The molecule has 0 radical (unpaired) electrons. The van der Waals surface area contributed by atoms with E-state index >= 15 is 0 Å². The molecule has 20 heavy (non-hydrogen) atoms. The van der Waals surface area contributed by atoms with Crippen LogP contribution in [0.3, 0.4) is 0 Å². The van der Waals surface area contributed by atoms with Gasteiger partial charge in [-0.15, -0.1) is 0 Å². The summed E-state index contributed by atoms with van der Waals surface area (Å²) in [5, 5.41) is 9.33. The van der Waals surface area contributed by atoms with Crippen molar-refractivity contribution in [3.8, 4) is 0 Å².